The van der Waals surface area contributed by atoms with Gasteiger partial charge in [0.1, 0.15) is 6.00 Å². The predicted octanol–water partition coefficient (Wildman–Crippen LogP) is -0.134. The van der Waals surface area contributed by atoms with Crippen molar-refractivity contribution in [1.82, 2.24) is 5.32 Å². The average Bonchev–Trinajstić information content (AvgIpc) is 1.35. The zero-order valence-corrected chi connectivity index (χ0v) is 3.77. The topological polar surface area (TPSA) is 57.2 Å². The third-order valence-corrected chi connectivity index (χ3v) is 0.335. The molecule has 0 rings (SSSR count). The highest BCUT2D eigenvalue weighted by atomic mass is 35.5. The van der Waals surface area contributed by atoms with Gasteiger partial charge in [-0.25, -0.2) is 10.1 Å². The summed E-state index contributed by atoms with van der Waals surface area (Å²) >= 11 is 4.93. The first kappa shape index (κ1) is 5.56. The van der Waals surface area contributed by atoms with E-state index in [1.165, 1.54) is 0 Å². The zero-order valence-electron chi connectivity index (χ0n) is 3.02. The Labute approximate surface area is 40.5 Å². The molecule has 0 fully saturated rings. The minimum Gasteiger partial charge on any atom is -0.350 e. The minimum absolute atomic E-state index is 0.0463. The second-order valence-electron chi connectivity index (χ2n) is 0.616. The minimum atomic E-state index is -0.718. The van der Waals surface area contributed by atoms with Crippen molar-refractivity contribution in [3.63, 3.8) is 0 Å². The Bertz CT molecular complexity index is 55.5. The van der Waals surface area contributed by atoms with Crippen molar-refractivity contribution in [1.29, 1.82) is 0 Å². The highest BCUT2D eigenvalue weighted by Gasteiger charge is 1.84. The van der Waals surface area contributed by atoms with E-state index in [2.05, 4.69) is 11.1 Å². The molecule has 0 bridgehead atoms. The highest BCUT2D eigenvalue weighted by molar-refractivity contribution is 6.18. The molecule has 0 saturated carbocycles. The molecule has 0 aromatic heterocycles. The second-order valence-corrected chi connectivity index (χ2v) is 0.855. The van der Waals surface area contributed by atoms with Gasteiger partial charge in [0.15, 0.2) is 0 Å². The summed E-state index contributed by atoms with van der Waals surface area (Å²) in [6, 6.07) is -0.764. The molecule has 0 heterocycles. The number of primary amides is 1. The van der Waals surface area contributed by atoms with Crippen molar-refractivity contribution < 1.29 is 4.79 Å². The summed E-state index contributed by atoms with van der Waals surface area (Å²) < 4.78 is 0. The maximum atomic E-state index is 9.57. The number of amides is 2. The van der Waals surface area contributed by atoms with E-state index < -0.39 is 6.03 Å². The molecule has 6 heavy (non-hydrogen) atoms. The highest BCUT2D eigenvalue weighted by Crippen LogP contribution is 1.65. The molecule has 3 nitrogen and oxygen atoms in total. The lowest BCUT2D eigenvalue weighted by Crippen LogP contribution is -2.20. The van der Waals surface area contributed by atoms with Gasteiger partial charge in [-0.2, -0.15) is 0 Å². The number of halogens is 1. The summed E-state index contributed by atoms with van der Waals surface area (Å²) in [4.78, 5) is 9.57. The molecule has 4 heteroatoms. The standard InChI is InChI=1S/C2H4ClN2O/c3-1-5-2(4)6/h1H2,(H2,4,6). The lowest BCUT2D eigenvalue weighted by atomic mass is 11.0. The van der Waals surface area contributed by atoms with Crippen LogP contribution in [0.5, 0.6) is 0 Å². The lowest BCUT2D eigenvalue weighted by Gasteiger charge is -1.82. The Morgan fingerprint density at radius 1 is 2.00 bits per heavy atom. The first-order valence-electron chi connectivity index (χ1n) is 1.30. The van der Waals surface area contributed by atoms with Crippen molar-refractivity contribution in [3.8, 4) is 0 Å². The second kappa shape index (κ2) is 2.78. The summed E-state index contributed by atoms with van der Waals surface area (Å²) in [5, 5.41) is 3.03. The lowest BCUT2D eigenvalue weighted by molar-refractivity contribution is 0.249. The first-order chi connectivity index (χ1) is 2.77. The molecule has 0 aliphatic rings. The van der Waals surface area contributed by atoms with Crippen molar-refractivity contribution in [3.05, 3.63) is 0 Å². The van der Waals surface area contributed by atoms with Crippen molar-refractivity contribution in [2.45, 2.75) is 0 Å². The first-order valence-corrected chi connectivity index (χ1v) is 1.83. The number of nitrogens with zero attached hydrogens (tertiary/aromatic N) is 1. The van der Waals surface area contributed by atoms with Crippen molar-refractivity contribution in [2.75, 3.05) is 6.00 Å². The van der Waals surface area contributed by atoms with Gasteiger partial charge in [0.25, 0.3) is 0 Å². The fourth-order valence-corrected chi connectivity index (χ4v) is 0.177. The maximum absolute atomic E-state index is 9.57. The van der Waals surface area contributed by atoms with Gasteiger partial charge in [-0.1, -0.05) is 0 Å². The van der Waals surface area contributed by atoms with E-state index in [9.17, 15) is 4.79 Å². The molecule has 2 amide bonds. The Kier molecular flexibility index (Phi) is 2.58. The van der Waals surface area contributed by atoms with Crippen LogP contribution in [0.4, 0.5) is 4.79 Å². The van der Waals surface area contributed by atoms with Crippen LogP contribution in [-0.4, -0.2) is 12.0 Å². The summed E-state index contributed by atoms with van der Waals surface area (Å²) in [6.45, 7) is 0. The molecule has 0 atom stereocenters. The average molecular weight is 108 g/mol. The third-order valence-electron chi connectivity index (χ3n) is 0.216. The van der Waals surface area contributed by atoms with Gasteiger partial charge in [0.2, 0.25) is 0 Å². The predicted molar refractivity (Wildman–Crippen MR) is 22.4 cm³/mol. The summed E-state index contributed by atoms with van der Waals surface area (Å²) in [5.74, 6) is 0. The monoisotopic (exact) mass is 107 g/mol. The van der Waals surface area contributed by atoms with E-state index in [4.69, 9.17) is 11.6 Å². The third kappa shape index (κ3) is 3.56. The van der Waals surface area contributed by atoms with Gasteiger partial charge in [0.05, 0.1) is 0 Å². The van der Waals surface area contributed by atoms with Gasteiger partial charge >= 0.3 is 6.03 Å². The summed E-state index contributed by atoms with van der Waals surface area (Å²) in [7, 11) is 0. The quantitative estimate of drug-likeness (QED) is 0.368. The van der Waals surface area contributed by atoms with E-state index in [1.54, 1.807) is 0 Å². The molecule has 35 valence electrons. The number of hydrogen-bond acceptors (Lipinski definition) is 1. The molecule has 0 unspecified atom stereocenters. The van der Waals surface area contributed by atoms with Crippen LogP contribution < -0.4 is 11.1 Å². The van der Waals surface area contributed by atoms with Crippen molar-refractivity contribution >= 4 is 17.6 Å². The molecule has 0 spiro atoms. The number of hydrogen-bond donors (Lipinski definition) is 1. The van der Waals surface area contributed by atoms with E-state index >= 15 is 0 Å². The summed E-state index contributed by atoms with van der Waals surface area (Å²) in [6.07, 6.45) is 0. The van der Waals surface area contributed by atoms with E-state index in [-0.39, 0.29) is 6.00 Å². The number of carbonyl (C=O) groups excluding carboxylic acids is 1. The number of urea groups is 1. The van der Waals surface area contributed by atoms with Gasteiger partial charge < -0.3 is 5.73 Å². The summed E-state index contributed by atoms with van der Waals surface area (Å²) in [5.41, 5.74) is 4.51. The number of nitrogens with two attached hydrogens (primary N) is 1. The van der Waals surface area contributed by atoms with Crippen LogP contribution in [0.3, 0.4) is 0 Å². The van der Waals surface area contributed by atoms with Crippen LogP contribution in [0.15, 0.2) is 0 Å². The number of rotatable bonds is 1. The molecule has 0 aliphatic heterocycles. The van der Waals surface area contributed by atoms with Crippen LogP contribution in [0.2, 0.25) is 0 Å². The molecule has 1 radical (unpaired) electrons. The normalized spacial score (nSPS) is 7.50. The van der Waals surface area contributed by atoms with Gasteiger partial charge in [-0.3, -0.25) is 0 Å². The van der Waals surface area contributed by atoms with E-state index in [0.29, 0.717) is 0 Å². The van der Waals surface area contributed by atoms with Crippen LogP contribution in [-0.2, 0) is 0 Å². The van der Waals surface area contributed by atoms with Crippen LogP contribution >= 0.6 is 11.6 Å². The van der Waals surface area contributed by atoms with Gasteiger partial charge in [-0.05, 0) is 0 Å². The Morgan fingerprint density at radius 3 is 2.50 bits per heavy atom. The maximum Gasteiger partial charge on any atom is 0.334 e. The van der Waals surface area contributed by atoms with Gasteiger partial charge in [0, 0.05) is 0 Å². The molecule has 0 aromatic rings. The zero-order chi connectivity index (χ0) is 4.99. The Morgan fingerprint density at radius 2 is 2.50 bits per heavy atom. The fraction of sp³-hybridized carbons (Fsp3) is 0.500. The Balaban J connectivity index is 2.83. The number of carbonyl (C=O) groups is 1. The molecule has 0 aliphatic carbocycles. The van der Waals surface area contributed by atoms with Crippen LogP contribution in [0.25, 0.3) is 0 Å². The smallest absolute Gasteiger partial charge is 0.334 e. The Hall–Kier alpha value is -0.440. The molecule has 0 aromatic carbocycles. The van der Waals surface area contributed by atoms with E-state index in [1.807, 2.05) is 0 Å². The van der Waals surface area contributed by atoms with E-state index in [0.717, 1.165) is 0 Å². The molecular weight excluding hydrogens is 103 g/mol. The molecule has 2 N–H and O–H groups in total. The van der Waals surface area contributed by atoms with Crippen LogP contribution in [0.1, 0.15) is 0 Å². The fourth-order valence-electron chi connectivity index (χ4n) is 0.0589. The SMILES string of the molecule is NC(=O)[N]CCl. The largest absolute Gasteiger partial charge is 0.350 e. The van der Waals surface area contributed by atoms with Crippen LogP contribution in [0, 0.1) is 0 Å². The molecule has 0 saturated heterocycles. The number of alkyl halides is 1. The molecular formula is C2H4ClN2O. The van der Waals surface area contributed by atoms with Crippen molar-refractivity contribution in [2.24, 2.45) is 5.73 Å². The van der Waals surface area contributed by atoms with Gasteiger partial charge in [-0.15, -0.1) is 11.6 Å².